The zero-order valence-corrected chi connectivity index (χ0v) is 12.8. The van der Waals surface area contributed by atoms with Crippen LogP contribution >= 0.6 is 0 Å². The third kappa shape index (κ3) is 5.09. The minimum absolute atomic E-state index is 0.109. The van der Waals surface area contributed by atoms with Crippen LogP contribution in [0.25, 0.3) is 0 Å². The summed E-state index contributed by atoms with van der Waals surface area (Å²) in [6.45, 7) is 3.27. The van der Waals surface area contributed by atoms with E-state index in [9.17, 15) is 4.79 Å². The molecular formula is C15H25N3O2. The van der Waals surface area contributed by atoms with Crippen LogP contribution < -0.4 is 15.4 Å². The van der Waals surface area contributed by atoms with E-state index >= 15 is 0 Å². The van der Waals surface area contributed by atoms with Crippen molar-refractivity contribution in [2.75, 3.05) is 34.3 Å². The second-order valence-electron chi connectivity index (χ2n) is 4.89. The number of likely N-dealkylation sites (N-methyl/N-ethyl adjacent to an activating group) is 1. The summed E-state index contributed by atoms with van der Waals surface area (Å²) in [4.78, 5) is 13.7. The second kappa shape index (κ2) is 8.43. The molecule has 0 bridgehead atoms. The quantitative estimate of drug-likeness (QED) is 0.803. The summed E-state index contributed by atoms with van der Waals surface area (Å²) < 4.78 is 5.25. The number of hydrogen-bond acceptors (Lipinski definition) is 3. The lowest BCUT2D eigenvalue weighted by Gasteiger charge is -2.25. The van der Waals surface area contributed by atoms with Crippen molar-refractivity contribution < 1.29 is 9.53 Å². The number of methoxy groups -OCH3 is 1. The van der Waals surface area contributed by atoms with Crippen molar-refractivity contribution in [1.29, 1.82) is 0 Å². The Kier molecular flexibility index (Phi) is 6.87. The van der Waals surface area contributed by atoms with Gasteiger partial charge in [0.1, 0.15) is 5.75 Å². The molecule has 2 amide bonds. The van der Waals surface area contributed by atoms with E-state index in [0.717, 1.165) is 17.7 Å². The van der Waals surface area contributed by atoms with Gasteiger partial charge in [-0.25, -0.2) is 4.79 Å². The van der Waals surface area contributed by atoms with Crippen molar-refractivity contribution in [2.45, 2.75) is 19.4 Å². The molecule has 20 heavy (non-hydrogen) atoms. The Balaban J connectivity index is 2.66. The van der Waals surface area contributed by atoms with Crippen molar-refractivity contribution >= 4 is 6.03 Å². The van der Waals surface area contributed by atoms with Crippen LogP contribution in [0.4, 0.5) is 4.79 Å². The number of benzene rings is 1. The normalized spacial score (nSPS) is 12.1. The van der Waals surface area contributed by atoms with Gasteiger partial charge in [-0.2, -0.15) is 0 Å². The van der Waals surface area contributed by atoms with Crippen LogP contribution in [0, 0.1) is 0 Å². The van der Waals surface area contributed by atoms with E-state index in [-0.39, 0.29) is 12.1 Å². The van der Waals surface area contributed by atoms with Crippen molar-refractivity contribution in [2.24, 2.45) is 0 Å². The molecule has 5 heteroatoms. The van der Waals surface area contributed by atoms with Gasteiger partial charge in [0.05, 0.1) is 13.2 Å². The molecule has 2 N–H and O–H groups in total. The predicted molar refractivity (Wildman–Crippen MR) is 81.1 cm³/mol. The first kappa shape index (κ1) is 16.3. The monoisotopic (exact) mass is 279 g/mol. The van der Waals surface area contributed by atoms with Crippen molar-refractivity contribution in [3.63, 3.8) is 0 Å². The van der Waals surface area contributed by atoms with Crippen LogP contribution in [-0.4, -0.2) is 45.2 Å². The molecule has 0 aliphatic rings. The fourth-order valence-electron chi connectivity index (χ4n) is 1.94. The van der Waals surface area contributed by atoms with Gasteiger partial charge in [0.2, 0.25) is 0 Å². The molecule has 0 aliphatic carbocycles. The molecule has 0 spiro atoms. The number of nitrogens with one attached hydrogen (secondary N) is 2. The summed E-state index contributed by atoms with van der Waals surface area (Å²) in [5.41, 5.74) is 1.12. The third-order valence-corrected chi connectivity index (χ3v) is 3.09. The Morgan fingerprint density at radius 2 is 2.10 bits per heavy atom. The van der Waals surface area contributed by atoms with Gasteiger partial charge in [-0.15, -0.1) is 0 Å². The highest BCUT2D eigenvalue weighted by molar-refractivity contribution is 5.73. The summed E-state index contributed by atoms with van der Waals surface area (Å²) in [6.07, 6.45) is 0.931. The molecule has 0 aromatic heterocycles. The van der Waals surface area contributed by atoms with Crippen LogP contribution in [0.3, 0.4) is 0 Å². The van der Waals surface area contributed by atoms with Gasteiger partial charge >= 0.3 is 6.03 Å². The lowest BCUT2D eigenvalue weighted by Crippen LogP contribution is -2.40. The first-order valence-electron chi connectivity index (χ1n) is 6.90. The molecule has 0 heterocycles. The van der Waals surface area contributed by atoms with Gasteiger partial charge in [-0.05, 0) is 38.2 Å². The Hall–Kier alpha value is -1.75. The average Bonchev–Trinajstić information content (AvgIpc) is 2.45. The summed E-state index contributed by atoms with van der Waals surface area (Å²) in [5.74, 6) is 0.824. The maximum absolute atomic E-state index is 11.6. The van der Waals surface area contributed by atoms with Crippen LogP contribution in [-0.2, 0) is 0 Å². The zero-order chi connectivity index (χ0) is 15.0. The fraction of sp³-hybridized carbons (Fsp3) is 0.533. The van der Waals surface area contributed by atoms with E-state index in [1.165, 1.54) is 0 Å². The highest BCUT2D eigenvalue weighted by Gasteiger charge is 2.15. The number of amides is 2. The number of ether oxygens (including phenoxy) is 1. The van der Waals surface area contributed by atoms with Gasteiger partial charge in [-0.3, -0.25) is 0 Å². The van der Waals surface area contributed by atoms with E-state index in [0.29, 0.717) is 13.1 Å². The van der Waals surface area contributed by atoms with Crippen LogP contribution in [0.2, 0.25) is 0 Å². The summed E-state index contributed by atoms with van der Waals surface area (Å²) in [6, 6.07) is 7.90. The maximum Gasteiger partial charge on any atom is 0.314 e. The maximum atomic E-state index is 11.6. The second-order valence-corrected chi connectivity index (χ2v) is 4.89. The minimum atomic E-state index is -0.124. The van der Waals surface area contributed by atoms with Crippen molar-refractivity contribution in [3.8, 4) is 5.75 Å². The Bertz CT molecular complexity index is 421. The molecule has 0 fully saturated rings. The number of carbonyl (C=O) groups is 1. The van der Waals surface area contributed by atoms with E-state index < -0.39 is 0 Å². The molecule has 0 saturated carbocycles. The van der Waals surface area contributed by atoms with Crippen LogP contribution in [0.1, 0.15) is 24.9 Å². The Morgan fingerprint density at radius 3 is 2.70 bits per heavy atom. The van der Waals surface area contributed by atoms with E-state index in [1.54, 1.807) is 7.11 Å². The summed E-state index contributed by atoms with van der Waals surface area (Å²) >= 11 is 0. The van der Waals surface area contributed by atoms with Gasteiger partial charge in [0.15, 0.2) is 0 Å². The number of nitrogens with zero attached hydrogens (tertiary/aromatic N) is 1. The molecule has 1 unspecified atom stereocenters. The smallest absolute Gasteiger partial charge is 0.314 e. The predicted octanol–water partition coefficient (Wildman–Crippen LogP) is 2.01. The van der Waals surface area contributed by atoms with E-state index in [1.807, 2.05) is 45.3 Å². The summed E-state index contributed by atoms with van der Waals surface area (Å²) in [5, 5.41) is 5.71. The first-order valence-corrected chi connectivity index (χ1v) is 6.90. The number of carbonyl (C=O) groups excluding carboxylic acids is 1. The molecule has 1 rings (SSSR count). The largest absolute Gasteiger partial charge is 0.497 e. The van der Waals surface area contributed by atoms with Gasteiger partial charge in [0.25, 0.3) is 0 Å². The number of rotatable bonds is 7. The van der Waals surface area contributed by atoms with Crippen molar-refractivity contribution in [1.82, 2.24) is 15.5 Å². The SMILES string of the molecule is CCCNC(=O)NCC(c1cccc(OC)c1)N(C)C. The molecule has 0 radical (unpaired) electrons. The molecule has 1 atom stereocenters. The zero-order valence-electron chi connectivity index (χ0n) is 12.8. The Labute approximate surface area is 121 Å². The number of urea groups is 1. The first-order chi connectivity index (χ1) is 9.58. The Morgan fingerprint density at radius 1 is 1.35 bits per heavy atom. The standard InChI is InChI=1S/C15H25N3O2/c1-5-9-16-15(19)17-11-14(18(2)3)12-7-6-8-13(10-12)20-4/h6-8,10,14H,5,9,11H2,1-4H3,(H2,16,17,19). The van der Waals surface area contributed by atoms with Crippen LogP contribution in [0.15, 0.2) is 24.3 Å². The van der Waals surface area contributed by atoms with Crippen molar-refractivity contribution in [3.05, 3.63) is 29.8 Å². The fourth-order valence-corrected chi connectivity index (χ4v) is 1.94. The lowest BCUT2D eigenvalue weighted by molar-refractivity contribution is 0.232. The van der Waals surface area contributed by atoms with E-state index in [2.05, 4.69) is 15.5 Å². The molecule has 5 nitrogen and oxygen atoms in total. The van der Waals surface area contributed by atoms with Gasteiger partial charge in [-0.1, -0.05) is 19.1 Å². The van der Waals surface area contributed by atoms with E-state index in [4.69, 9.17) is 4.74 Å². The molecular weight excluding hydrogens is 254 g/mol. The van der Waals surface area contributed by atoms with Gasteiger partial charge < -0.3 is 20.3 Å². The molecule has 1 aromatic carbocycles. The third-order valence-electron chi connectivity index (χ3n) is 3.09. The minimum Gasteiger partial charge on any atom is -0.497 e. The molecule has 112 valence electrons. The topological polar surface area (TPSA) is 53.6 Å². The highest BCUT2D eigenvalue weighted by Crippen LogP contribution is 2.21. The average molecular weight is 279 g/mol. The molecule has 0 aliphatic heterocycles. The highest BCUT2D eigenvalue weighted by atomic mass is 16.5. The lowest BCUT2D eigenvalue weighted by atomic mass is 10.1. The van der Waals surface area contributed by atoms with Crippen LogP contribution in [0.5, 0.6) is 5.75 Å². The number of hydrogen-bond donors (Lipinski definition) is 2. The molecule has 1 aromatic rings. The molecule has 0 saturated heterocycles. The summed E-state index contributed by atoms with van der Waals surface area (Å²) in [7, 11) is 5.64. The van der Waals surface area contributed by atoms with Gasteiger partial charge in [0, 0.05) is 13.1 Å².